The molecule has 1 aromatic carbocycles. The second-order valence-corrected chi connectivity index (χ2v) is 4.19. The third-order valence-electron chi connectivity index (χ3n) is 2.11. The van der Waals surface area contributed by atoms with E-state index < -0.39 is 11.8 Å². The van der Waals surface area contributed by atoms with Gasteiger partial charge in [0.05, 0.1) is 4.47 Å². The molecule has 18 heavy (non-hydrogen) atoms. The van der Waals surface area contributed by atoms with E-state index in [1.165, 1.54) is 6.20 Å². The summed E-state index contributed by atoms with van der Waals surface area (Å²) >= 11 is 3.21. The maximum absolute atomic E-state index is 13.1. The first-order valence-electron chi connectivity index (χ1n) is 4.89. The zero-order chi connectivity index (χ0) is 13.1. The number of aromatic nitrogens is 1. The highest BCUT2D eigenvalue weighted by Crippen LogP contribution is 2.29. The normalized spacial score (nSPS) is 10.1. The van der Waals surface area contributed by atoms with Crippen LogP contribution in [0.15, 0.2) is 41.0 Å². The minimum absolute atomic E-state index is 0.0955. The molecule has 1 heterocycles. The first-order valence-corrected chi connectivity index (χ1v) is 5.68. The summed E-state index contributed by atoms with van der Waals surface area (Å²) in [6.07, 6.45) is 1.49. The topological polar surface area (TPSA) is 59.4 Å². The molecule has 2 aromatic rings. The Hall–Kier alpha value is -1.95. The maximum atomic E-state index is 13.1. The lowest BCUT2D eigenvalue weighted by Crippen LogP contribution is -2.01. The van der Waals surface area contributed by atoms with Crippen LogP contribution in [0, 0.1) is 5.82 Å². The molecule has 0 saturated carbocycles. The van der Waals surface area contributed by atoms with Gasteiger partial charge in [0.25, 0.3) is 0 Å². The van der Waals surface area contributed by atoms with Gasteiger partial charge in [-0.05, 0) is 40.2 Å². The molecule has 0 bridgehead atoms. The van der Waals surface area contributed by atoms with Crippen LogP contribution >= 0.6 is 15.9 Å². The number of rotatable bonds is 3. The Morgan fingerprint density at radius 3 is 2.83 bits per heavy atom. The highest BCUT2D eigenvalue weighted by atomic mass is 79.9. The Morgan fingerprint density at radius 2 is 2.17 bits per heavy atom. The Bertz CT molecular complexity index is 604. The fourth-order valence-corrected chi connectivity index (χ4v) is 1.64. The van der Waals surface area contributed by atoms with Gasteiger partial charge < -0.3 is 9.84 Å². The highest BCUT2D eigenvalue weighted by Gasteiger charge is 2.14. The number of hydrogen-bond acceptors (Lipinski definition) is 3. The fourth-order valence-electron chi connectivity index (χ4n) is 1.31. The van der Waals surface area contributed by atoms with Crippen LogP contribution in [0.1, 0.15) is 10.4 Å². The monoisotopic (exact) mass is 311 g/mol. The van der Waals surface area contributed by atoms with Crippen molar-refractivity contribution in [2.75, 3.05) is 0 Å². The summed E-state index contributed by atoms with van der Waals surface area (Å²) < 4.78 is 19.0. The van der Waals surface area contributed by atoms with E-state index in [-0.39, 0.29) is 17.2 Å². The molecule has 0 unspecified atom stereocenters. The number of aromatic carboxylic acids is 1. The summed E-state index contributed by atoms with van der Waals surface area (Å²) in [6, 6.07) is 6.57. The van der Waals surface area contributed by atoms with Crippen LogP contribution < -0.4 is 4.74 Å². The van der Waals surface area contributed by atoms with Crippen LogP contribution in [0.25, 0.3) is 0 Å². The Labute approximate surface area is 110 Å². The van der Waals surface area contributed by atoms with Gasteiger partial charge in [-0.3, -0.25) is 0 Å². The molecule has 1 N–H and O–H groups in total. The lowest BCUT2D eigenvalue weighted by molar-refractivity contribution is 0.0694. The number of ether oxygens (including phenoxy) is 1. The second-order valence-electron chi connectivity index (χ2n) is 3.34. The molecule has 92 valence electrons. The largest absolute Gasteiger partial charge is 0.478 e. The van der Waals surface area contributed by atoms with Gasteiger partial charge in [-0.1, -0.05) is 0 Å². The van der Waals surface area contributed by atoms with Crippen molar-refractivity contribution in [2.24, 2.45) is 0 Å². The number of carbonyl (C=O) groups is 1. The predicted octanol–water partition coefficient (Wildman–Crippen LogP) is 3.47. The molecule has 0 amide bonds. The van der Waals surface area contributed by atoms with Crippen LogP contribution in [-0.4, -0.2) is 16.1 Å². The van der Waals surface area contributed by atoms with E-state index in [0.717, 1.165) is 18.2 Å². The first-order chi connectivity index (χ1) is 8.58. The van der Waals surface area contributed by atoms with Gasteiger partial charge in [-0.25, -0.2) is 14.2 Å². The number of halogens is 2. The minimum Gasteiger partial charge on any atom is -0.478 e. The summed E-state index contributed by atoms with van der Waals surface area (Å²) in [7, 11) is 0. The summed E-state index contributed by atoms with van der Waals surface area (Å²) in [4.78, 5) is 14.9. The smallest absolute Gasteiger partial charge is 0.339 e. The number of carboxylic acids is 1. The molecule has 0 atom stereocenters. The molecule has 0 aliphatic rings. The van der Waals surface area contributed by atoms with Crippen LogP contribution in [0.2, 0.25) is 0 Å². The van der Waals surface area contributed by atoms with Crippen LogP contribution in [0.5, 0.6) is 11.6 Å². The minimum atomic E-state index is -1.20. The average Bonchev–Trinajstić information content (AvgIpc) is 2.32. The molecule has 0 aliphatic carbocycles. The summed E-state index contributed by atoms with van der Waals surface area (Å²) in [5.74, 6) is -1.70. The zero-order valence-electron chi connectivity index (χ0n) is 8.93. The lowest BCUT2D eigenvalue weighted by atomic mass is 10.2. The van der Waals surface area contributed by atoms with Crippen LogP contribution in [0.3, 0.4) is 0 Å². The van der Waals surface area contributed by atoms with Crippen molar-refractivity contribution in [3.8, 4) is 11.6 Å². The molecule has 1 aromatic heterocycles. The van der Waals surface area contributed by atoms with Crippen molar-refractivity contribution in [3.63, 3.8) is 0 Å². The maximum Gasteiger partial charge on any atom is 0.339 e. The summed E-state index contributed by atoms with van der Waals surface area (Å²) in [6.45, 7) is 0. The average molecular weight is 312 g/mol. The van der Waals surface area contributed by atoms with Gasteiger partial charge in [0, 0.05) is 12.3 Å². The third-order valence-corrected chi connectivity index (χ3v) is 2.71. The predicted molar refractivity (Wildman–Crippen MR) is 65.4 cm³/mol. The van der Waals surface area contributed by atoms with Crippen LogP contribution in [-0.2, 0) is 0 Å². The van der Waals surface area contributed by atoms with Crippen molar-refractivity contribution in [2.45, 2.75) is 0 Å². The van der Waals surface area contributed by atoms with E-state index in [1.54, 1.807) is 12.1 Å². The molecule has 0 aliphatic heterocycles. The summed E-state index contributed by atoms with van der Waals surface area (Å²) in [5.41, 5.74) is -0.131. The van der Waals surface area contributed by atoms with E-state index in [4.69, 9.17) is 9.84 Å². The Kier molecular flexibility index (Phi) is 3.57. The molecular formula is C12H7BrFNO3. The number of carboxylic acid groups (broad SMARTS) is 1. The SMILES string of the molecule is O=C(O)c1ccc(F)cc1Oc1ncccc1Br. The molecule has 2 rings (SSSR count). The quantitative estimate of drug-likeness (QED) is 0.943. The van der Waals surface area contributed by atoms with Crippen molar-refractivity contribution >= 4 is 21.9 Å². The summed E-state index contributed by atoms with van der Waals surface area (Å²) in [5, 5.41) is 8.97. The van der Waals surface area contributed by atoms with E-state index in [9.17, 15) is 9.18 Å². The zero-order valence-corrected chi connectivity index (χ0v) is 10.5. The standard InChI is InChI=1S/C12H7BrFNO3/c13-9-2-1-5-15-11(9)18-10-6-7(14)3-4-8(10)12(16)17/h1-6H,(H,16,17). The molecule has 6 heteroatoms. The van der Waals surface area contributed by atoms with E-state index in [0.29, 0.717) is 4.47 Å². The fraction of sp³-hybridized carbons (Fsp3) is 0. The van der Waals surface area contributed by atoms with Crippen molar-refractivity contribution < 1.29 is 19.0 Å². The molecule has 0 saturated heterocycles. The van der Waals surface area contributed by atoms with Gasteiger partial charge in [-0.15, -0.1) is 0 Å². The number of hydrogen-bond donors (Lipinski definition) is 1. The van der Waals surface area contributed by atoms with E-state index >= 15 is 0 Å². The third kappa shape index (κ3) is 2.65. The highest BCUT2D eigenvalue weighted by molar-refractivity contribution is 9.10. The Balaban J connectivity index is 2.42. The van der Waals surface area contributed by atoms with Crippen LogP contribution in [0.4, 0.5) is 4.39 Å². The molecule has 4 nitrogen and oxygen atoms in total. The lowest BCUT2D eigenvalue weighted by Gasteiger charge is -2.08. The molecule has 0 radical (unpaired) electrons. The van der Waals surface area contributed by atoms with E-state index in [1.807, 2.05) is 0 Å². The van der Waals surface area contributed by atoms with Gasteiger partial charge in [0.2, 0.25) is 5.88 Å². The van der Waals surface area contributed by atoms with Gasteiger partial charge in [0.1, 0.15) is 17.1 Å². The number of benzene rings is 1. The van der Waals surface area contributed by atoms with Gasteiger partial charge in [-0.2, -0.15) is 0 Å². The first kappa shape index (κ1) is 12.5. The molecular weight excluding hydrogens is 305 g/mol. The number of nitrogens with zero attached hydrogens (tertiary/aromatic N) is 1. The van der Waals surface area contributed by atoms with Gasteiger partial charge >= 0.3 is 5.97 Å². The number of pyridine rings is 1. The molecule has 0 spiro atoms. The van der Waals surface area contributed by atoms with Crippen molar-refractivity contribution in [3.05, 3.63) is 52.4 Å². The van der Waals surface area contributed by atoms with Gasteiger partial charge in [0.15, 0.2) is 0 Å². The van der Waals surface area contributed by atoms with Crippen molar-refractivity contribution in [1.82, 2.24) is 4.98 Å². The van der Waals surface area contributed by atoms with Crippen molar-refractivity contribution in [1.29, 1.82) is 0 Å². The van der Waals surface area contributed by atoms with E-state index in [2.05, 4.69) is 20.9 Å². The molecule has 0 fully saturated rings. The Morgan fingerprint density at radius 1 is 1.39 bits per heavy atom. The second kappa shape index (κ2) is 5.14.